The first-order chi connectivity index (χ1) is 16.2. The number of nitrogens with one attached hydrogen (secondary N) is 1. The van der Waals surface area contributed by atoms with Crippen LogP contribution in [-0.2, 0) is 16.9 Å². The van der Waals surface area contributed by atoms with Gasteiger partial charge in [0.05, 0.1) is 0 Å². The van der Waals surface area contributed by atoms with Gasteiger partial charge in [0.15, 0.2) is 28.9 Å². The number of amides is 1. The number of rotatable bonds is 6. The van der Waals surface area contributed by atoms with E-state index in [1.807, 2.05) is 6.07 Å². The van der Waals surface area contributed by atoms with Gasteiger partial charge in [0.2, 0.25) is 5.82 Å². The summed E-state index contributed by atoms with van der Waals surface area (Å²) in [5.41, 5.74) is -1.93. The van der Waals surface area contributed by atoms with Crippen molar-refractivity contribution in [2.24, 2.45) is 17.8 Å². The maximum absolute atomic E-state index is 14.0. The van der Waals surface area contributed by atoms with Crippen LogP contribution in [-0.4, -0.2) is 35.0 Å². The zero-order valence-electron chi connectivity index (χ0n) is 18.3. The second kappa shape index (κ2) is 8.61. The fourth-order valence-electron chi connectivity index (χ4n) is 5.82. The molecule has 1 amide bonds. The Labute approximate surface area is 193 Å². The second-order valence-corrected chi connectivity index (χ2v) is 9.68. The van der Waals surface area contributed by atoms with Gasteiger partial charge in [-0.15, -0.1) is 0 Å². The fraction of sp³-hybridized carbons (Fsp3) is 0.480. The number of piperidine rings is 1. The van der Waals surface area contributed by atoms with Crippen molar-refractivity contribution in [1.82, 2.24) is 10.2 Å². The molecule has 34 heavy (non-hydrogen) atoms. The van der Waals surface area contributed by atoms with Crippen LogP contribution in [0.1, 0.15) is 36.8 Å². The maximum Gasteiger partial charge on any atom is 0.257 e. The maximum atomic E-state index is 14.0. The summed E-state index contributed by atoms with van der Waals surface area (Å²) in [6, 6.07) is 8.68. The summed E-state index contributed by atoms with van der Waals surface area (Å²) >= 11 is 0. The van der Waals surface area contributed by atoms with Crippen LogP contribution in [0.5, 0.6) is 0 Å². The van der Waals surface area contributed by atoms with E-state index < -0.39 is 52.7 Å². The van der Waals surface area contributed by atoms with E-state index >= 15 is 0 Å². The molecule has 3 aliphatic rings. The lowest BCUT2D eigenvalue weighted by atomic mass is 9.79. The van der Waals surface area contributed by atoms with Crippen molar-refractivity contribution >= 4 is 5.91 Å². The lowest BCUT2D eigenvalue weighted by Gasteiger charge is -2.33. The highest BCUT2D eigenvalue weighted by atomic mass is 19.2. The van der Waals surface area contributed by atoms with E-state index in [-0.39, 0.29) is 23.8 Å². The van der Waals surface area contributed by atoms with Crippen molar-refractivity contribution in [1.29, 1.82) is 0 Å². The topological polar surface area (TPSA) is 52.6 Å². The van der Waals surface area contributed by atoms with Crippen molar-refractivity contribution in [3.63, 3.8) is 0 Å². The zero-order valence-corrected chi connectivity index (χ0v) is 18.3. The highest BCUT2D eigenvalue weighted by molar-refractivity contribution is 5.87. The fourth-order valence-corrected chi connectivity index (χ4v) is 5.82. The van der Waals surface area contributed by atoms with Crippen LogP contribution < -0.4 is 5.32 Å². The van der Waals surface area contributed by atoms with Crippen molar-refractivity contribution < 1.29 is 31.9 Å². The lowest BCUT2D eigenvalue weighted by Crippen LogP contribution is -2.50. The number of fused-ring (bicyclic) bond motifs is 1. The summed E-state index contributed by atoms with van der Waals surface area (Å²) in [5, 5.41) is 14.5. The van der Waals surface area contributed by atoms with Crippen LogP contribution in [0.25, 0.3) is 0 Å². The Kier molecular flexibility index (Phi) is 5.88. The van der Waals surface area contributed by atoms with Gasteiger partial charge in [-0.25, -0.2) is 22.0 Å². The van der Waals surface area contributed by atoms with Crippen molar-refractivity contribution in [2.45, 2.75) is 43.9 Å². The molecule has 9 heteroatoms. The highest BCUT2D eigenvalue weighted by Gasteiger charge is 2.58. The van der Waals surface area contributed by atoms with Gasteiger partial charge in [-0.1, -0.05) is 43.2 Å². The molecule has 2 aromatic carbocycles. The standard InChI is InChI=1S/C25H25F5N2O2/c26-18-17(19(27)21(29)22(30)20(18)28)12-32-10-15-16(11-32)23(15)31-24(33)25(34,14-8-4-5-9-14)13-6-2-1-3-7-13/h1-3,6-7,14-16,23,34H,4-5,8-12H2,(H,31,33)/t15-,16?,23?,25?/m0/s1. The van der Waals surface area contributed by atoms with E-state index in [2.05, 4.69) is 5.32 Å². The van der Waals surface area contributed by atoms with Gasteiger partial charge in [-0.05, 0) is 30.2 Å². The number of nitrogens with zero attached hydrogens (tertiary/aromatic N) is 1. The number of aliphatic hydroxyl groups is 1. The summed E-state index contributed by atoms with van der Waals surface area (Å²) in [7, 11) is 0. The van der Waals surface area contributed by atoms with Crippen molar-refractivity contribution in [2.75, 3.05) is 13.1 Å². The van der Waals surface area contributed by atoms with Gasteiger partial charge in [0.1, 0.15) is 0 Å². The third kappa shape index (κ3) is 3.69. The molecular weight excluding hydrogens is 455 g/mol. The van der Waals surface area contributed by atoms with Crippen LogP contribution in [0.2, 0.25) is 0 Å². The minimum absolute atomic E-state index is 0.00573. The molecule has 2 N–H and O–H groups in total. The van der Waals surface area contributed by atoms with Crippen LogP contribution >= 0.6 is 0 Å². The molecule has 1 aliphatic heterocycles. The van der Waals surface area contributed by atoms with Gasteiger partial charge < -0.3 is 10.4 Å². The Morgan fingerprint density at radius 3 is 2.00 bits per heavy atom. The van der Waals surface area contributed by atoms with E-state index in [4.69, 9.17) is 0 Å². The molecule has 3 fully saturated rings. The molecule has 1 saturated heterocycles. The lowest BCUT2D eigenvalue weighted by molar-refractivity contribution is -0.147. The molecule has 5 rings (SSSR count). The summed E-state index contributed by atoms with van der Waals surface area (Å²) in [6.45, 7) is 0.292. The van der Waals surface area contributed by atoms with Crippen molar-refractivity contribution in [3.8, 4) is 0 Å². The molecule has 3 unspecified atom stereocenters. The number of benzene rings is 2. The number of hydrogen-bond donors (Lipinski definition) is 2. The Bertz CT molecular complexity index is 1070. The van der Waals surface area contributed by atoms with Gasteiger partial charge >= 0.3 is 0 Å². The number of hydrogen-bond acceptors (Lipinski definition) is 3. The first kappa shape index (κ1) is 23.2. The monoisotopic (exact) mass is 480 g/mol. The molecular formula is C25H25F5N2O2. The number of likely N-dealkylation sites (tertiary alicyclic amines) is 1. The first-order valence-electron chi connectivity index (χ1n) is 11.5. The molecule has 182 valence electrons. The van der Waals surface area contributed by atoms with Gasteiger partial charge in [0.25, 0.3) is 5.91 Å². The van der Waals surface area contributed by atoms with Crippen LogP contribution in [0.15, 0.2) is 30.3 Å². The molecule has 2 aliphatic carbocycles. The Balaban J connectivity index is 1.25. The minimum atomic E-state index is -2.17. The molecule has 1 heterocycles. The highest BCUT2D eigenvalue weighted by Crippen LogP contribution is 2.48. The van der Waals surface area contributed by atoms with Crippen LogP contribution in [0.3, 0.4) is 0 Å². The number of carbonyl (C=O) groups is 1. The summed E-state index contributed by atoms with van der Waals surface area (Å²) in [6.07, 6.45) is 3.42. The quantitative estimate of drug-likeness (QED) is 0.373. The normalized spacial score (nSPS) is 26.4. The van der Waals surface area contributed by atoms with Crippen LogP contribution in [0, 0.1) is 46.8 Å². The molecule has 2 saturated carbocycles. The molecule has 0 bridgehead atoms. The molecule has 2 aromatic rings. The molecule has 0 spiro atoms. The van der Waals surface area contributed by atoms with Gasteiger partial charge in [-0.2, -0.15) is 0 Å². The van der Waals surface area contributed by atoms with E-state index in [1.54, 1.807) is 29.2 Å². The second-order valence-electron chi connectivity index (χ2n) is 9.68. The number of halogens is 5. The Morgan fingerprint density at radius 1 is 0.912 bits per heavy atom. The first-order valence-corrected chi connectivity index (χ1v) is 11.5. The average Bonchev–Trinajstić information content (AvgIpc) is 3.26. The Morgan fingerprint density at radius 2 is 1.44 bits per heavy atom. The van der Waals surface area contributed by atoms with Crippen LogP contribution in [0.4, 0.5) is 22.0 Å². The Hall–Kier alpha value is -2.52. The van der Waals surface area contributed by atoms with Crippen molar-refractivity contribution in [3.05, 3.63) is 70.5 Å². The summed E-state index contributed by atoms with van der Waals surface area (Å²) < 4.78 is 68.3. The van der Waals surface area contributed by atoms with E-state index in [0.29, 0.717) is 18.7 Å². The average molecular weight is 480 g/mol. The van der Waals surface area contributed by atoms with Gasteiger partial charge in [0, 0.05) is 37.2 Å². The largest absolute Gasteiger partial charge is 0.375 e. The molecule has 0 radical (unpaired) electrons. The van der Waals surface area contributed by atoms with E-state index in [9.17, 15) is 31.9 Å². The zero-order chi connectivity index (χ0) is 24.2. The van der Waals surface area contributed by atoms with E-state index in [1.165, 1.54) is 0 Å². The third-order valence-corrected chi connectivity index (χ3v) is 7.76. The predicted octanol–water partition coefficient (Wildman–Crippen LogP) is 4.01. The summed E-state index contributed by atoms with van der Waals surface area (Å²) in [5.74, 6) is -10.3. The molecule has 0 aromatic heterocycles. The molecule has 4 atom stereocenters. The minimum Gasteiger partial charge on any atom is -0.375 e. The SMILES string of the molecule is O=C(NC1C2CN(Cc3c(F)c(F)c(F)c(F)c3F)C[C@@H]21)C(O)(c1ccccc1)C1CCCC1. The number of carbonyl (C=O) groups excluding carboxylic acids is 1. The third-order valence-electron chi connectivity index (χ3n) is 7.76. The summed E-state index contributed by atoms with van der Waals surface area (Å²) in [4.78, 5) is 14.9. The smallest absolute Gasteiger partial charge is 0.257 e. The predicted molar refractivity (Wildman–Crippen MR) is 113 cm³/mol. The van der Waals surface area contributed by atoms with Gasteiger partial charge in [-0.3, -0.25) is 9.69 Å². The van der Waals surface area contributed by atoms with E-state index in [0.717, 1.165) is 25.7 Å². The molecule has 4 nitrogen and oxygen atoms in total.